The van der Waals surface area contributed by atoms with Gasteiger partial charge in [0, 0.05) is 25.7 Å². The monoisotopic (exact) mass is 342 g/mol. The summed E-state index contributed by atoms with van der Waals surface area (Å²) in [5, 5.41) is 19.4. The molecule has 2 unspecified atom stereocenters. The summed E-state index contributed by atoms with van der Waals surface area (Å²) >= 11 is 0. The van der Waals surface area contributed by atoms with E-state index in [4.69, 9.17) is 0 Å². The quantitative estimate of drug-likeness (QED) is 0.481. The molecule has 0 spiro atoms. The molecule has 11 nitrogen and oxygen atoms in total. The first-order chi connectivity index (χ1) is 11.2. The zero-order chi connectivity index (χ0) is 18.0. The zero-order valence-electron chi connectivity index (χ0n) is 12.3. The second-order valence-corrected chi connectivity index (χ2v) is 5.22. The number of Topliss-reactive ketones (excluding diaryl/α,β-unsaturated/α-hetero) is 1. The van der Waals surface area contributed by atoms with Crippen LogP contribution < -0.4 is 0 Å². The molecule has 0 aromatic rings. The maximum Gasteiger partial charge on any atom is 0.364 e. The second kappa shape index (κ2) is 6.84. The minimum absolute atomic E-state index is 0.0635. The normalized spacial score (nSPS) is 20.6. The summed E-state index contributed by atoms with van der Waals surface area (Å²) in [7, 11) is 0. The molecule has 0 bridgehead atoms. The van der Waals surface area contributed by atoms with Crippen LogP contribution in [0.5, 0.6) is 0 Å². The van der Waals surface area contributed by atoms with Crippen molar-refractivity contribution in [2.75, 3.05) is 6.54 Å². The Labute approximate surface area is 134 Å². The molecule has 2 aliphatic heterocycles. The molecule has 2 fully saturated rings. The van der Waals surface area contributed by atoms with E-state index in [0.29, 0.717) is 4.90 Å². The zero-order valence-corrected chi connectivity index (χ0v) is 12.3. The van der Waals surface area contributed by atoms with Gasteiger partial charge in [0.25, 0.3) is 11.8 Å². The summed E-state index contributed by atoms with van der Waals surface area (Å²) in [6.07, 6.45) is -5.12. The third-order valence-electron chi connectivity index (χ3n) is 3.53. The van der Waals surface area contributed by atoms with E-state index in [1.54, 1.807) is 0 Å². The van der Waals surface area contributed by atoms with E-state index in [-0.39, 0.29) is 30.7 Å². The molecule has 0 aliphatic carbocycles. The van der Waals surface area contributed by atoms with Gasteiger partial charge in [-0.05, 0) is 0 Å². The maximum atomic E-state index is 11.8. The smallest absolute Gasteiger partial charge is 0.364 e. The molecule has 11 heteroatoms. The molecule has 2 N–H and O–H groups in total. The molecule has 0 aromatic carbocycles. The number of hydrogen-bond donors (Lipinski definition) is 2. The Hall–Kier alpha value is -2.66. The van der Waals surface area contributed by atoms with E-state index in [9.17, 15) is 39.0 Å². The minimum Gasteiger partial charge on any atom is -0.382 e. The van der Waals surface area contributed by atoms with Crippen LogP contribution in [0.3, 0.4) is 0 Å². The number of ketones is 1. The molecular formula is C13H14N2O9. The van der Waals surface area contributed by atoms with Crippen molar-refractivity contribution in [1.82, 2.24) is 9.96 Å². The molecule has 0 saturated carbocycles. The van der Waals surface area contributed by atoms with Crippen molar-refractivity contribution in [1.29, 1.82) is 0 Å². The van der Waals surface area contributed by atoms with Crippen molar-refractivity contribution in [3.8, 4) is 0 Å². The van der Waals surface area contributed by atoms with Crippen molar-refractivity contribution in [2.45, 2.75) is 37.9 Å². The van der Waals surface area contributed by atoms with Crippen LogP contribution in [-0.4, -0.2) is 74.3 Å². The van der Waals surface area contributed by atoms with E-state index >= 15 is 0 Å². The third-order valence-corrected chi connectivity index (χ3v) is 3.53. The Balaban J connectivity index is 1.94. The average Bonchev–Trinajstić information content (AvgIpc) is 3.03. The highest BCUT2D eigenvalue weighted by Crippen LogP contribution is 2.15. The van der Waals surface area contributed by atoms with Gasteiger partial charge in [-0.3, -0.25) is 28.9 Å². The minimum atomic E-state index is -2.38. The van der Waals surface area contributed by atoms with Crippen LogP contribution >= 0.6 is 0 Å². The molecule has 2 atom stereocenters. The van der Waals surface area contributed by atoms with E-state index < -0.39 is 54.1 Å². The molecule has 0 radical (unpaired) electrons. The largest absolute Gasteiger partial charge is 0.382 e. The lowest BCUT2D eigenvalue weighted by atomic mass is 10.1. The lowest BCUT2D eigenvalue weighted by Crippen LogP contribution is -2.48. The summed E-state index contributed by atoms with van der Waals surface area (Å²) in [5.74, 6) is -5.55. The Morgan fingerprint density at radius 2 is 1.33 bits per heavy atom. The molecule has 4 amide bonds. The van der Waals surface area contributed by atoms with Crippen LogP contribution in [0.1, 0.15) is 25.7 Å². The fraction of sp³-hybridized carbons (Fsp3) is 0.538. The number of carbonyl (C=O) groups is 6. The van der Waals surface area contributed by atoms with Crippen molar-refractivity contribution in [3.05, 3.63) is 0 Å². The number of aliphatic hydroxyl groups is 2. The molecular weight excluding hydrogens is 328 g/mol. The number of carbonyl (C=O) groups excluding carboxylic acids is 6. The predicted molar refractivity (Wildman–Crippen MR) is 70.2 cm³/mol. The van der Waals surface area contributed by atoms with Gasteiger partial charge in [-0.2, -0.15) is 0 Å². The number of hydroxylamine groups is 2. The topological polar surface area (TPSA) is 159 Å². The third kappa shape index (κ3) is 3.46. The number of nitrogens with zero attached hydrogens (tertiary/aromatic N) is 2. The van der Waals surface area contributed by atoms with Gasteiger partial charge in [-0.1, -0.05) is 0 Å². The van der Waals surface area contributed by atoms with Crippen molar-refractivity contribution < 1.29 is 43.8 Å². The Morgan fingerprint density at radius 1 is 0.875 bits per heavy atom. The predicted octanol–water partition coefficient (Wildman–Crippen LogP) is -2.97. The van der Waals surface area contributed by atoms with E-state index in [0.717, 1.165) is 0 Å². The highest BCUT2D eigenvalue weighted by Gasteiger charge is 2.39. The van der Waals surface area contributed by atoms with Crippen LogP contribution in [0.2, 0.25) is 0 Å². The van der Waals surface area contributed by atoms with E-state index in [1.807, 2.05) is 0 Å². The van der Waals surface area contributed by atoms with Crippen LogP contribution in [0.4, 0.5) is 0 Å². The van der Waals surface area contributed by atoms with E-state index in [2.05, 4.69) is 4.84 Å². The van der Waals surface area contributed by atoms with Crippen molar-refractivity contribution in [3.63, 3.8) is 0 Å². The van der Waals surface area contributed by atoms with Gasteiger partial charge in [0.05, 0.1) is 6.54 Å². The van der Waals surface area contributed by atoms with Gasteiger partial charge in [-0.25, -0.2) is 4.79 Å². The number of hydrogen-bond acceptors (Lipinski definition) is 9. The highest BCUT2D eigenvalue weighted by molar-refractivity contribution is 6.06. The van der Waals surface area contributed by atoms with Gasteiger partial charge in [0.1, 0.15) is 0 Å². The Morgan fingerprint density at radius 3 is 1.83 bits per heavy atom. The van der Waals surface area contributed by atoms with Crippen LogP contribution in [-0.2, 0) is 33.6 Å². The first-order valence-electron chi connectivity index (χ1n) is 7.02. The SMILES string of the molecule is O=C(CN1C(=O)CCC1=O)C(O)C(O)C(=O)ON1C(=O)CCC1=O. The van der Waals surface area contributed by atoms with Crippen molar-refractivity contribution in [2.24, 2.45) is 0 Å². The molecule has 2 heterocycles. The van der Waals surface area contributed by atoms with Crippen LogP contribution in [0.25, 0.3) is 0 Å². The second-order valence-electron chi connectivity index (χ2n) is 5.22. The average molecular weight is 342 g/mol. The molecule has 2 saturated heterocycles. The first kappa shape index (κ1) is 17.7. The summed E-state index contributed by atoms with van der Waals surface area (Å²) in [6, 6.07) is 0. The van der Waals surface area contributed by atoms with Crippen LogP contribution in [0.15, 0.2) is 0 Å². The number of imide groups is 2. The van der Waals surface area contributed by atoms with Gasteiger partial charge in [-0.15, -0.1) is 5.06 Å². The van der Waals surface area contributed by atoms with E-state index in [1.165, 1.54) is 0 Å². The molecule has 2 aliphatic rings. The Bertz CT molecular complexity index is 543. The number of rotatable bonds is 6. The van der Waals surface area contributed by atoms with Gasteiger partial charge in [0.15, 0.2) is 18.0 Å². The number of likely N-dealkylation sites (tertiary alicyclic amines) is 1. The lowest BCUT2D eigenvalue weighted by Gasteiger charge is -2.20. The standard InChI is InChI=1S/C13H14N2O9/c16-6(5-14-7(17)1-2-8(14)18)11(21)12(22)13(23)24-15-9(19)3-4-10(15)20/h11-12,21-22H,1-5H2. The molecule has 24 heavy (non-hydrogen) atoms. The molecule has 0 aromatic heterocycles. The Kier molecular flexibility index (Phi) is 5.04. The number of aliphatic hydroxyl groups excluding tert-OH is 2. The van der Waals surface area contributed by atoms with Crippen molar-refractivity contribution >= 4 is 35.4 Å². The lowest BCUT2D eigenvalue weighted by molar-refractivity contribution is -0.206. The molecule has 2 rings (SSSR count). The number of amides is 4. The van der Waals surface area contributed by atoms with Crippen LogP contribution in [0, 0.1) is 0 Å². The van der Waals surface area contributed by atoms with Gasteiger partial charge in [0.2, 0.25) is 11.8 Å². The fourth-order valence-corrected chi connectivity index (χ4v) is 2.16. The summed E-state index contributed by atoms with van der Waals surface area (Å²) < 4.78 is 0. The highest BCUT2D eigenvalue weighted by atomic mass is 16.7. The fourth-order valence-electron chi connectivity index (χ4n) is 2.16. The van der Waals surface area contributed by atoms with Gasteiger partial charge >= 0.3 is 5.97 Å². The summed E-state index contributed by atoms with van der Waals surface area (Å²) in [4.78, 5) is 73.7. The summed E-state index contributed by atoms with van der Waals surface area (Å²) in [6.45, 7) is -0.801. The summed E-state index contributed by atoms with van der Waals surface area (Å²) in [5.41, 5.74) is 0. The molecule has 130 valence electrons. The maximum absolute atomic E-state index is 11.8. The first-order valence-corrected chi connectivity index (χ1v) is 7.02. The van der Waals surface area contributed by atoms with Gasteiger partial charge < -0.3 is 15.1 Å².